The Labute approximate surface area is 196 Å². The Hall–Kier alpha value is -3.46. The molecule has 0 radical (unpaired) electrons. The molecule has 34 heavy (non-hydrogen) atoms. The smallest absolute Gasteiger partial charge is 0.303 e. The van der Waals surface area contributed by atoms with Crippen LogP contribution in [0.25, 0.3) is 11.1 Å². The third-order valence-electron chi connectivity index (χ3n) is 5.65. The van der Waals surface area contributed by atoms with E-state index in [0.717, 1.165) is 11.6 Å². The summed E-state index contributed by atoms with van der Waals surface area (Å²) in [5.41, 5.74) is 1.27. The monoisotopic (exact) mass is 487 g/mol. The van der Waals surface area contributed by atoms with Crippen LogP contribution in [0.2, 0.25) is 0 Å². The zero-order valence-electron chi connectivity index (χ0n) is 18.4. The summed E-state index contributed by atoms with van der Waals surface area (Å²) in [7, 11) is -4.02. The number of nitrogens with zero attached hydrogens (tertiary/aromatic N) is 1. The first-order valence-electron chi connectivity index (χ1n) is 10.7. The van der Waals surface area contributed by atoms with Crippen LogP contribution in [-0.4, -0.2) is 32.1 Å². The van der Waals surface area contributed by atoms with Crippen LogP contribution in [0.5, 0.6) is 5.75 Å². The molecule has 3 aromatic rings. The van der Waals surface area contributed by atoms with Gasteiger partial charge in [0.05, 0.1) is 17.1 Å². The van der Waals surface area contributed by atoms with E-state index in [-0.39, 0.29) is 34.9 Å². The number of aryl methyl sites for hydroxylation is 1. The van der Waals surface area contributed by atoms with Gasteiger partial charge in [-0.1, -0.05) is 30.3 Å². The molecule has 1 aliphatic heterocycles. The van der Waals surface area contributed by atoms with Gasteiger partial charge in [0.25, 0.3) is 10.0 Å². The highest BCUT2D eigenvalue weighted by Crippen LogP contribution is 2.41. The number of benzene rings is 3. The number of ether oxygens (including phenoxy) is 1. The lowest BCUT2D eigenvalue weighted by Gasteiger charge is -2.36. The molecule has 0 amide bonds. The molecular formula is C25H23F2NO5S. The maximum atomic E-state index is 14.4. The van der Waals surface area contributed by atoms with Gasteiger partial charge in [0.2, 0.25) is 0 Å². The van der Waals surface area contributed by atoms with Crippen LogP contribution >= 0.6 is 0 Å². The number of aliphatic carboxylic acids is 1. The predicted octanol–water partition coefficient (Wildman–Crippen LogP) is 5.15. The fraction of sp³-hybridized carbons (Fsp3) is 0.240. The van der Waals surface area contributed by atoms with Crippen LogP contribution in [-0.2, 0) is 14.8 Å². The van der Waals surface area contributed by atoms with E-state index in [1.54, 1.807) is 25.1 Å². The Morgan fingerprint density at radius 3 is 2.62 bits per heavy atom. The minimum Gasteiger partial charge on any atom is -0.486 e. The Bertz CT molecular complexity index is 1340. The van der Waals surface area contributed by atoms with Gasteiger partial charge in [-0.3, -0.25) is 9.10 Å². The molecule has 4 rings (SSSR count). The van der Waals surface area contributed by atoms with E-state index < -0.39 is 33.7 Å². The van der Waals surface area contributed by atoms with Crippen molar-refractivity contribution < 1.29 is 31.8 Å². The highest BCUT2D eigenvalue weighted by molar-refractivity contribution is 7.92. The lowest BCUT2D eigenvalue weighted by atomic mass is 10.0. The average Bonchev–Trinajstić information content (AvgIpc) is 2.80. The van der Waals surface area contributed by atoms with Gasteiger partial charge < -0.3 is 9.84 Å². The highest BCUT2D eigenvalue weighted by Gasteiger charge is 2.35. The van der Waals surface area contributed by atoms with E-state index in [4.69, 9.17) is 9.84 Å². The number of sulfonamides is 1. The van der Waals surface area contributed by atoms with Crippen LogP contribution in [0, 0.1) is 18.6 Å². The fourth-order valence-corrected chi connectivity index (χ4v) is 5.57. The molecule has 0 unspecified atom stereocenters. The first-order valence-corrected chi connectivity index (χ1v) is 12.2. The van der Waals surface area contributed by atoms with Crippen molar-refractivity contribution in [2.24, 2.45) is 0 Å². The Balaban J connectivity index is 1.78. The molecule has 9 heteroatoms. The first-order chi connectivity index (χ1) is 16.2. The van der Waals surface area contributed by atoms with Gasteiger partial charge in [-0.15, -0.1) is 0 Å². The van der Waals surface area contributed by atoms with E-state index in [9.17, 15) is 22.0 Å². The van der Waals surface area contributed by atoms with Crippen molar-refractivity contribution >= 4 is 21.7 Å². The second-order valence-electron chi connectivity index (χ2n) is 8.16. The molecule has 0 saturated heterocycles. The third kappa shape index (κ3) is 4.75. The minimum absolute atomic E-state index is 0.000662. The van der Waals surface area contributed by atoms with Crippen molar-refractivity contribution in [1.82, 2.24) is 0 Å². The normalized spacial score (nSPS) is 15.5. The maximum absolute atomic E-state index is 14.4. The SMILES string of the molecule is Cc1cccc(S(=O)(=O)N2C[C@H](CCCC(=O)O)Oc3ccc(-c4cccc(F)c4F)cc32)c1. The first kappa shape index (κ1) is 23.7. The van der Waals surface area contributed by atoms with Gasteiger partial charge in [0.1, 0.15) is 11.9 Å². The molecule has 1 heterocycles. The maximum Gasteiger partial charge on any atom is 0.303 e. The third-order valence-corrected chi connectivity index (χ3v) is 7.42. The van der Waals surface area contributed by atoms with Crippen LogP contribution in [0.4, 0.5) is 14.5 Å². The van der Waals surface area contributed by atoms with E-state index in [0.29, 0.717) is 18.4 Å². The highest BCUT2D eigenvalue weighted by atomic mass is 32.2. The Kier molecular flexibility index (Phi) is 6.56. The van der Waals surface area contributed by atoms with Crippen molar-refractivity contribution in [3.05, 3.63) is 77.9 Å². The second kappa shape index (κ2) is 9.42. The minimum atomic E-state index is -4.02. The summed E-state index contributed by atoms with van der Waals surface area (Å²) in [6.45, 7) is 1.74. The van der Waals surface area contributed by atoms with E-state index in [1.807, 2.05) is 0 Å². The number of carbonyl (C=O) groups is 1. The summed E-state index contributed by atoms with van der Waals surface area (Å²) in [6.07, 6.45) is 0.0320. The summed E-state index contributed by atoms with van der Waals surface area (Å²) in [4.78, 5) is 11.0. The molecule has 1 aliphatic rings. The number of fused-ring (bicyclic) bond motifs is 1. The van der Waals surface area contributed by atoms with Crippen LogP contribution in [0.1, 0.15) is 24.8 Å². The lowest BCUT2D eigenvalue weighted by Crippen LogP contribution is -2.43. The fourth-order valence-electron chi connectivity index (χ4n) is 3.97. The summed E-state index contributed by atoms with van der Waals surface area (Å²) < 4.78 is 62.7. The molecule has 0 saturated carbocycles. The zero-order chi connectivity index (χ0) is 24.5. The lowest BCUT2D eigenvalue weighted by molar-refractivity contribution is -0.137. The summed E-state index contributed by atoms with van der Waals surface area (Å²) in [6, 6.07) is 14.8. The number of anilines is 1. The van der Waals surface area contributed by atoms with Gasteiger partial charge in [-0.25, -0.2) is 17.2 Å². The van der Waals surface area contributed by atoms with E-state index in [1.165, 1.54) is 40.7 Å². The Morgan fingerprint density at radius 1 is 1.12 bits per heavy atom. The number of carboxylic acids is 1. The standard InChI is InChI=1S/C25H23F2NO5S/c1-16-5-2-7-19(13-16)34(31,32)28-15-18(6-3-10-24(29)30)33-23-12-11-17(14-22(23)28)20-8-4-9-21(26)25(20)27/h2,4-5,7-9,11-14,18H,3,6,10,15H2,1H3,(H,29,30)/t18-/m0/s1. The van der Waals surface area contributed by atoms with Crippen molar-refractivity contribution in [2.45, 2.75) is 37.2 Å². The zero-order valence-corrected chi connectivity index (χ0v) is 19.2. The van der Waals surface area contributed by atoms with Crippen molar-refractivity contribution in [1.29, 1.82) is 0 Å². The predicted molar refractivity (Wildman–Crippen MR) is 123 cm³/mol. The molecule has 1 atom stereocenters. The molecule has 6 nitrogen and oxygen atoms in total. The van der Waals surface area contributed by atoms with Crippen molar-refractivity contribution in [2.75, 3.05) is 10.8 Å². The molecule has 0 bridgehead atoms. The quantitative estimate of drug-likeness (QED) is 0.498. The molecule has 0 aromatic heterocycles. The average molecular weight is 488 g/mol. The van der Waals surface area contributed by atoms with Crippen LogP contribution < -0.4 is 9.04 Å². The molecular weight excluding hydrogens is 464 g/mol. The largest absolute Gasteiger partial charge is 0.486 e. The number of halogens is 2. The number of hydrogen-bond acceptors (Lipinski definition) is 4. The second-order valence-corrected chi connectivity index (χ2v) is 10.0. The molecule has 3 aromatic carbocycles. The van der Waals surface area contributed by atoms with Gasteiger partial charge in [0, 0.05) is 12.0 Å². The number of carboxylic acid groups (broad SMARTS) is 1. The summed E-state index contributed by atoms with van der Waals surface area (Å²) in [5, 5.41) is 8.93. The van der Waals surface area contributed by atoms with Gasteiger partial charge in [-0.05, 0) is 61.2 Å². The molecule has 0 aliphatic carbocycles. The van der Waals surface area contributed by atoms with Crippen LogP contribution in [0.15, 0.2) is 65.6 Å². The van der Waals surface area contributed by atoms with Crippen LogP contribution in [0.3, 0.4) is 0 Å². The topological polar surface area (TPSA) is 83.9 Å². The summed E-state index contributed by atoms with van der Waals surface area (Å²) >= 11 is 0. The molecule has 178 valence electrons. The van der Waals surface area contributed by atoms with Crippen molar-refractivity contribution in [3.8, 4) is 16.9 Å². The molecule has 0 fully saturated rings. The van der Waals surface area contributed by atoms with Gasteiger partial charge in [-0.2, -0.15) is 0 Å². The molecule has 0 spiro atoms. The van der Waals surface area contributed by atoms with E-state index in [2.05, 4.69) is 0 Å². The van der Waals surface area contributed by atoms with Gasteiger partial charge >= 0.3 is 5.97 Å². The number of rotatable bonds is 7. The molecule has 1 N–H and O–H groups in total. The van der Waals surface area contributed by atoms with Crippen molar-refractivity contribution in [3.63, 3.8) is 0 Å². The number of hydrogen-bond donors (Lipinski definition) is 1. The van der Waals surface area contributed by atoms with Gasteiger partial charge in [0.15, 0.2) is 11.6 Å². The summed E-state index contributed by atoms with van der Waals surface area (Å²) in [5.74, 6) is -2.71. The Morgan fingerprint density at radius 2 is 1.88 bits per heavy atom. The van der Waals surface area contributed by atoms with E-state index >= 15 is 0 Å².